The predicted octanol–water partition coefficient (Wildman–Crippen LogP) is 2.38. The van der Waals surface area contributed by atoms with Gasteiger partial charge in [-0.2, -0.15) is 0 Å². The third-order valence-electron chi connectivity index (χ3n) is 2.37. The molecule has 0 N–H and O–H groups in total. The topological polar surface area (TPSA) is 44.8 Å². The van der Waals surface area contributed by atoms with Gasteiger partial charge in [0.2, 0.25) is 0 Å². The minimum absolute atomic E-state index is 0.0787. The highest BCUT2D eigenvalue weighted by Crippen LogP contribution is 2.14. The average Bonchev–Trinajstić information content (AvgIpc) is 2.30. The quantitative estimate of drug-likeness (QED) is 0.734. The molecule has 1 atom stereocenters. The second-order valence-electron chi connectivity index (χ2n) is 3.58. The number of para-hydroxylation sites is 1. The highest BCUT2D eigenvalue weighted by molar-refractivity contribution is 5.60. The molecular weight excluding hydrogens is 208 g/mol. The Bertz CT molecular complexity index is 336. The molecule has 1 aromatic carbocycles. The average molecular weight is 222 g/mol. The van der Waals surface area contributed by atoms with Crippen LogP contribution in [-0.4, -0.2) is 25.5 Å². The lowest BCUT2D eigenvalue weighted by atomic mass is 10.2. The van der Waals surface area contributed by atoms with Crippen LogP contribution in [0.4, 0.5) is 4.79 Å². The zero-order chi connectivity index (χ0) is 11.2. The number of carbonyl (C=O) groups excluding carboxylic acids is 1. The summed E-state index contributed by atoms with van der Waals surface area (Å²) in [5.41, 5.74) is 0. The van der Waals surface area contributed by atoms with Crippen molar-refractivity contribution in [2.75, 3.05) is 13.2 Å². The molecule has 16 heavy (non-hydrogen) atoms. The van der Waals surface area contributed by atoms with Crippen LogP contribution in [0.2, 0.25) is 0 Å². The normalized spacial score (nSPS) is 19.8. The van der Waals surface area contributed by atoms with Gasteiger partial charge in [0.05, 0.1) is 13.2 Å². The maximum Gasteiger partial charge on any atom is 0.508 e. The summed E-state index contributed by atoms with van der Waals surface area (Å²) in [6.45, 7) is 0.983. The summed E-state index contributed by atoms with van der Waals surface area (Å²) in [4.78, 5) is 10.8. The van der Waals surface area contributed by atoms with Gasteiger partial charge < -0.3 is 14.2 Å². The predicted molar refractivity (Wildman–Crippen MR) is 57.4 cm³/mol. The van der Waals surface area contributed by atoms with Crippen molar-refractivity contribution >= 4 is 6.16 Å². The lowest BCUT2D eigenvalue weighted by Crippen LogP contribution is -2.28. The van der Waals surface area contributed by atoms with Crippen molar-refractivity contribution < 1.29 is 19.0 Å². The number of rotatable bonds is 4. The third kappa shape index (κ3) is 3.15. The van der Waals surface area contributed by atoms with E-state index in [0.717, 1.165) is 12.2 Å². The Balaban J connectivity index is 1.70. The van der Waals surface area contributed by atoms with Crippen molar-refractivity contribution in [1.29, 1.82) is 0 Å². The van der Waals surface area contributed by atoms with Crippen LogP contribution in [-0.2, 0) is 9.47 Å². The maximum atomic E-state index is 10.8. The minimum atomic E-state index is -0.573. The smallest absolute Gasteiger partial charge is 0.493 e. The van der Waals surface area contributed by atoms with E-state index < -0.39 is 6.16 Å². The molecule has 1 fully saturated rings. The standard InChI is InChI=1S/C12H14O4/c13-12-15-9-7-11(16-12)6-8-14-10-4-2-1-3-5-10/h1-5,11H,6-9H2. The first-order valence-corrected chi connectivity index (χ1v) is 5.36. The SMILES string of the molecule is O=C1OCCC(CCOc2ccccc2)O1. The number of hydrogen-bond donors (Lipinski definition) is 0. The number of cyclic esters (lactones) is 2. The van der Waals surface area contributed by atoms with Gasteiger partial charge in [0.15, 0.2) is 0 Å². The van der Waals surface area contributed by atoms with Crippen LogP contribution in [0, 0.1) is 0 Å². The second-order valence-corrected chi connectivity index (χ2v) is 3.58. The second kappa shape index (κ2) is 5.39. The lowest BCUT2D eigenvalue weighted by molar-refractivity contribution is -0.0285. The number of benzene rings is 1. The van der Waals surface area contributed by atoms with E-state index in [4.69, 9.17) is 9.47 Å². The van der Waals surface area contributed by atoms with Gasteiger partial charge in [-0.15, -0.1) is 0 Å². The highest BCUT2D eigenvalue weighted by Gasteiger charge is 2.21. The Morgan fingerprint density at radius 1 is 1.31 bits per heavy atom. The van der Waals surface area contributed by atoms with Crippen LogP contribution in [0.15, 0.2) is 30.3 Å². The Kier molecular flexibility index (Phi) is 3.64. The van der Waals surface area contributed by atoms with Crippen LogP contribution >= 0.6 is 0 Å². The number of carbonyl (C=O) groups is 1. The third-order valence-corrected chi connectivity index (χ3v) is 2.37. The molecular formula is C12H14O4. The zero-order valence-corrected chi connectivity index (χ0v) is 8.93. The summed E-state index contributed by atoms with van der Waals surface area (Å²) in [5.74, 6) is 0.834. The molecule has 1 aromatic rings. The summed E-state index contributed by atoms with van der Waals surface area (Å²) < 4.78 is 15.2. The zero-order valence-electron chi connectivity index (χ0n) is 8.93. The Labute approximate surface area is 94.1 Å². The first-order valence-electron chi connectivity index (χ1n) is 5.36. The van der Waals surface area contributed by atoms with Gasteiger partial charge in [-0.1, -0.05) is 18.2 Å². The van der Waals surface area contributed by atoms with Crippen molar-refractivity contribution in [3.05, 3.63) is 30.3 Å². The van der Waals surface area contributed by atoms with Crippen LogP contribution in [0.25, 0.3) is 0 Å². The van der Waals surface area contributed by atoms with Gasteiger partial charge in [-0.25, -0.2) is 4.79 Å². The van der Waals surface area contributed by atoms with Crippen molar-refractivity contribution in [1.82, 2.24) is 0 Å². The van der Waals surface area contributed by atoms with E-state index in [1.807, 2.05) is 30.3 Å². The molecule has 4 heteroatoms. The van der Waals surface area contributed by atoms with Gasteiger partial charge in [0.1, 0.15) is 11.9 Å². The first kappa shape index (κ1) is 10.8. The molecule has 2 rings (SSSR count). The monoisotopic (exact) mass is 222 g/mol. The van der Waals surface area contributed by atoms with Crippen LogP contribution < -0.4 is 4.74 Å². The fraction of sp³-hybridized carbons (Fsp3) is 0.417. The van der Waals surface area contributed by atoms with Crippen LogP contribution in [0.3, 0.4) is 0 Å². The minimum Gasteiger partial charge on any atom is -0.493 e. The Hall–Kier alpha value is -1.71. The van der Waals surface area contributed by atoms with Gasteiger partial charge in [0, 0.05) is 12.8 Å². The van der Waals surface area contributed by atoms with Gasteiger partial charge in [-0.3, -0.25) is 0 Å². The van der Waals surface area contributed by atoms with Crippen LogP contribution in [0.1, 0.15) is 12.8 Å². The molecule has 1 saturated heterocycles. The fourth-order valence-corrected chi connectivity index (χ4v) is 1.53. The lowest BCUT2D eigenvalue weighted by Gasteiger charge is -2.21. The maximum absolute atomic E-state index is 10.8. The van der Waals surface area contributed by atoms with Crippen LogP contribution in [0.5, 0.6) is 5.75 Å². The summed E-state index contributed by atoms with van der Waals surface area (Å²) >= 11 is 0. The largest absolute Gasteiger partial charge is 0.508 e. The summed E-state index contributed by atoms with van der Waals surface area (Å²) in [6.07, 6.45) is 0.786. The molecule has 0 radical (unpaired) electrons. The molecule has 0 amide bonds. The fourth-order valence-electron chi connectivity index (χ4n) is 1.53. The van der Waals surface area contributed by atoms with Crippen molar-refractivity contribution in [2.45, 2.75) is 18.9 Å². The van der Waals surface area contributed by atoms with E-state index in [1.165, 1.54) is 0 Å². The first-order chi connectivity index (χ1) is 7.84. The molecule has 0 aliphatic carbocycles. The van der Waals surface area contributed by atoms with Gasteiger partial charge in [0.25, 0.3) is 0 Å². The van der Waals surface area contributed by atoms with Crippen molar-refractivity contribution in [3.8, 4) is 5.75 Å². The van der Waals surface area contributed by atoms with Gasteiger partial charge >= 0.3 is 6.16 Å². The molecule has 1 aliphatic rings. The molecule has 1 aliphatic heterocycles. The molecule has 0 saturated carbocycles. The summed E-state index contributed by atoms with van der Waals surface area (Å²) in [5, 5.41) is 0. The van der Waals surface area contributed by atoms with E-state index >= 15 is 0 Å². The number of ether oxygens (including phenoxy) is 3. The van der Waals surface area contributed by atoms with E-state index in [2.05, 4.69) is 4.74 Å². The summed E-state index contributed by atoms with van der Waals surface area (Å²) in [7, 11) is 0. The Morgan fingerprint density at radius 3 is 2.88 bits per heavy atom. The molecule has 1 heterocycles. The van der Waals surface area contributed by atoms with Gasteiger partial charge in [-0.05, 0) is 12.1 Å². The van der Waals surface area contributed by atoms with E-state index in [9.17, 15) is 4.79 Å². The van der Waals surface area contributed by atoms with E-state index in [0.29, 0.717) is 19.6 Å². The summed E-state index contributed by atoms with van der Waals surface area (Å²) in [6, 6.07) is 9.58. The molecule has 0 spiro atoms. The Morgan fingerprint density at radius 2 is 2.12 bits per heavy atom. The van der Waals surface area contributed by atoms with Crippen molar-refractivity contribution in [3.63, 3.8) is 0 Å². The molecule has 1 unspecified atom stereocenters. The molecule has 0 aromatic heterocycles. The highest BCUT2D eigenvalue weighted by atomic mass is 16.7. The molecule has 0 bridgehead atoms. The van der Waals surface area contributed by atoms with E-state index in [-0.39, 0.29) is 6.10 Å². The van der Waals surface area contributed by atoms with Crippen molar-refractivity contribution in [2.24, 2.45) is 0 Å². The molecule has 86 valence electrons. The van der Waals surface area contributed by atoms with E-state index in [1.54, 1.807) is 0 Å². The number of hydrogen-bond acceptors (Lipinski definition) is 4. The molecule has 4 nitrogen and oxygen atoms in total.